The summed E-state index contributed by atoms with van der Waals surface area (Å²) in [5, 5.41) is 9.30. The number of amides is 1. The Bertz CT molecular complexity index is 1450. The van der Waals surface area contributed by atoms with Crippen molar-refractivity contribution in [2.75, 3.05) is 11.4 Å². The van der Waals surface area contributed by atoms with E-state index in [9.17, 15) is 13.2 Å². The van der Waals surface area contributed by atoms with Crippen LogP contribution in [0.3, 0.4) is 0 Å². The Labute approximate surface area is 208 Å². The van der Waals surface area contributed by atoms with Crippen LogP contribution in [0.4, 0.5) is 10.5 Å². The lowest BCUT2D eigenvalue weighted by Gasteiger charge is -2.23. The van der Waals surface area contributed by atoms with Crippen molar-refractivity contribution in [1.82, 2.24) is 15.4 Å². The maximum atomic E-state index is 13.5. The van der Waals surface area contributed by atoms with Crippen molar-refractivity contribution in [3.63, 3.8) is 0 Å². The molecule has 0 radical (unpaired) electrons. The van der Waals surface area contributed by atoms with E-state index in [0.29, 0.717) is 22.4 Å². The standard InChI is InChI=1S/C22H17IN4O6S/c1-27(21-18-12-14(23)2-7-19(18)25-13-20(21)33-22(28)26-29)34(30,31)17-5-3-15(4-6-17)32-16-8-10-24-11-9-16/h2-13,29H,1H3,(H,26,28). The molecule has 0 aliphatic carbocycles. The number of anilines is 1. The molecule has 0 unspecified atom stereocenters. The summed E-state index contributed by atoms with van der Waals surface area (Å²) in [4.78, 5) is 19.8. The molecule has 0 bridgehead atoms. The Morgan fingerprint density at radius 1 is 1.06 bits per heavy atom. The number of carbonyl (C=O) groups excluding carboxylic acids is 1. The Morgan fingerprint density at radius 2 is 1.74 bits per heavy atom. The number of nitrogens with zero attached hydrogens (tertiary/aromatic N) is 3. The van der Waals surface area contributed by atoms with Gasteiger partial charge in [-0.1, -0.05) is 0 Å². The van der Waals surface area contributed by atoms with Gasteiger partial charge in [-0.25, -0.2) is 18.7 Å². The van der Waals surface area contributed by atoms with Gasteiger partial charge < -0.3 is 9.47 Å². The second kappa shape index (κ2) is 9.79. The highest BCUT2D eigenvalue weighted by atomic mass is 127. The van der Waals surface area contributed by atoms with Gasteiger partial charge in [-0.3, -0.25) is 19.5 Å². The second-order valence-electron chi connectivity index (χ2n) is 6.86. The van der Waals surface area contributed by atoms with E-state index in [-0.39, 0.29) is 16.3 Å². The van der Waals surface area contributed by atoms with Crippen LogP contribution in [0.1, 0.15) is 0 Å². The van der Waals surface area contributed by atoms with Crippen LogP contribution in [-0.2, 0) is 10.0 Å². The summed E-state index contributed by atoms with van der Waals surface area (Å²) in [5.74, 6) is 0.856. The van der Waals surface area contributed by atoms with E-state index < -0.39 is 16.1 Å². The van der Waals surface area contributed by atoms with Crippen LogP contribution in [0.2, 0.25) is 0 Å². The quantitative estimate of drug-likeness (QED) is 0.192. The molecule has 0 fully saturated rings. The summed E-state index contributed by atoms with van der Waals surface area (Å²) < 4.78 is 39.6. The molecule has 4 rings (SSSR count). The molecule has 10 nitrogen and oxygen atoms in total. The molecular weight excluding hydrogens is 575 g/mol. The van der Waals surface area contributed by atoms with E-state index in [0.717, 1.165) is 7.88 Å². The van der Waals surface area contributed by atoms with Crippen LogP contribution in [0, 0.1) is 3.57 Å². The van der Waals surface area contributed by atoms with E-state index in [1.807, 2.05) is 6.07 Å². The lowest BCUT2D eigenvalue weighted by Crippen LogP contribution is -2.29. The van der Waals surface area contributed by atoms with E-state index in [1.54, 1.807) is 36.7 Å². The second-order valence-corrected chi connectivity index (χ2v) is 10.1. The zero-order valence-corrected chi connectivity index (χ0v) is 20.5. The van der Waals surface area contributed by atoms with Gasteiger partial charge >= 0.3 is 6.09 Å². The van der Waals surface area contributed by atoms with E-state index in [1.165, 1.54) is 43.0 Å². The third kappa shape index (κ3) is 4.88. The number of nitrogens with one attached hydrogen (secondary N) is 1. The Balaban J connectivity index is 1.74. The van der Waals surface area contributed by atoms with Crippen molar-refractivity contribution in [3.8, 4) is 17.2 Å². The summed E-state index contributed by atoms with van der Waals surface area (Å²) in [6.45, 7) is 0. The number of aromatic nitrogens is 2. The number of pyridine rings is 2. The van der Waals surface area contributed by atoms with Gasteiger partial charge in [0.15, 0.2) is 5.75 Å². The minimum absolute atomic E-state index is 0.00905. The van der Waals surface area contributed by atoms with Crippen LogP contribution in [0.15, 0.2) is 78.1 Å². The molecule has 2 N–H and O–H groups in total. The van der Waals surface area contributed by atoms with Crippen molar-refractivity contribution >= 4 is 55.3 Å². The first-order valence-corrected chi connectivity index (χ1v) is 12.2. The average Bonchev–Trinajstić information content (AvgIpc) is 2.84. The van der Waals surface area contributed by atoms with Crippen molar-refractivity contribution in [2.24, 2.45) is 0 Å². The smallest absolute Gasteiger partial charge is 0.436 e. The molecule has 0 spiro atoms. The number of carbonyl (C=O) groups is 1. The average molecular weight is 592 g/mol. The molecule has 0 atom stereocenters. The van der Waals surface area contributed by atoms with Gasteiger partial charge in [-0.15, -0.1) is 0 Å². The molecule has 174 valence electrons. The Hall–Kier alpha value is -3.49. The van der Waals surface area contributed by atoms with Crippen molar-refractivity contribution < 1.29 is 27.9 Å². The van der Waals surface area contributed by atoms with Gasteiger partial charge in [-0.05, 0) is 77.2 Å². The number of hydrogen-bond acceptors (Lipinski definition) is 8. The number of ether oxygens (including phenoxy) is 2. The maximum Gasteiger partial charge on any atom is 0.436 e. The van der Waals surface area contributed by atoms with Gasteiger partial charge in [0.2, 0.25) is 0 Å². The molecule has 0 saturated carbocycles. The maximum absolute atomic E-state index is 13.5. The summed E-state index contributed by atoms with van der Waals surface area (Å²) in [7, 11) is -2.75. The number of halogens is 1. The largest absolute Gasteiger partial charge is 0.457 e. The predicted molar refractivity (Wildman–Crippen MR) is 132 cm³/mol. The summed E-state index contributed by atoms with van der Waals surface area (Å²) in [6, 6.07) is 14.5. The van der Waals surface area contributed by atoms with Gasteiger partial charge in [0.1, 0.15) is 17.2 Å². The number of fused-ring (bicyclic) bond motifs is 1. The fourth-order valence-electron chi connectivity index (χ4n) is 3.16. The Kier molecular flexibility index (Phi) is 6.81. The molecule has 2 aromatic heterocycles. The predicted octanol–water partition coefficient (Wildman–Crippen LogP) is 4.33. The van der Waals surface area contributed by atoms with E-state index >= 15 is 0 Å². The van der Waals surface area contributed by atoms with Gasteiger partial charge in [-0.2, -0.15) is 0 Å². The molecule has 0 aliphatic heterocycles. The SMILES string of the molecule is CN(c1c(OC(=O)NO)cnc2ccc(I)cc12)S(=O)(=O)c1ccc(Oc2ccncc2)cc1. The van der Waals surface area contributed by atoms with Crippen LogP contribution < -0.4 is 19.3 Å². The van der Waals surface area contributed by atoms with Crippen LogP contribution in [0.5, 0.6) is 17.2 Å². The van der Waals surface area contributed by atoms with E-state index in [2.05, 4.69) is 32.6 Å². The monoisotopic (exact) mass is 592 g/mol. The Morgan fingerprint density at radius 3 is 2.41 bits per heavy atom. The number of benzene rings is 2. The lowest BCUT2D eigenvalue weighted by molar-refractivity contribution is 0.127. The molecule has 1 amide bonds. The molecule has 0 aliphatic rings. The number of hydroxylamine groups is 1. The minimum atomic E-state index is -4.09. The first-order chi connectivity index (χ1) is 16.3. The topological polar surface area (TPSA) is 131 Å². The third-order valence-corrected chi connectivity index (χ3v) is 7.19. The summed E-state index contributed by atoms with van der Waals surface area (Å²) >= 11 is 2.08. The van der Waals surface area contributed by atoms with Crippen molar-refractivity contribution in [3.05, 3.63) is 76.8 Å². The van der Waals surface area contributed by atoms with Crippen molar-refractivity contribution in [2.45, 2.75) is 4.90 Å². The highest BCUT2D eigenvalue weighted by molar-refractivity contribution is 14.1. The minimum Gasteiger partial charge on any atom is -0.457 e. The van der Waals surface area contributed by atoms with Crippen LogP contribution in [-0.4, -0.2) is 36.7 Å². The molecule has 12 heteroatoms. The van der Waals surface area contributed by atoms with E-state index in [4.69, 9.17) is 14.7 Å². The van der Waals surface area contributed by atoms with Crippen LogP contribution >= 0.6 is 22.6 Å². The number of hydrogen-bond donors (Lipinski definition) is 2. The molecule has 0 saturated heterocycles. The fraction of sp³-hybridized carbons (Fsp3) is 0.0455. The molecule has 2 heterocycles. The van der Waals surface area contributed by atoms with Crippen LogP contribution in [0.25, 0.3) is 10.9 Å². The zero-order valence-electron chi connectivity index (χ0n) is 17.5. The summed E-state index contributed by atoms with van der Waals surface area (Å²) in [6.07, 6.45) is 3.20. The lowest BCUT2D eigenvalue weighted by atomic mass is 10.2. The van der Waals surface area contributed by atoms with Gasteiger partial charge in [0, 0.05) is 28.4 Å². The molecule has 4 aromatic rings. The normalized spacial score (nSPS) is 11.1. The highest BCUT2D eigenvalue weighted by Crippen LogP contribution is 2.38. The first-order valence-electron chi connectivity index (χ1n) is 9.66. The number of rotatable bonds is 6. The molecule has 34 heavy (non-hydrogen) atoms. The first kappa shape index (κ1) is 23.7. The molecular formula is C22H17IN4O6S. The van der Waals surface area contributed by atoms with Gasteiger partial charge in [0.25, 0.3) is 10.0 Å². The number of sulfonamides is 1. The third-order valence-electron chi connectivity index (χ3n) is 4.74. The molecule has 2 aromatic carbocycles. The highest BCUT2D eigenvalue weighted by Gasteiger charge is 2.27. The van der Waals surface area contributed by atoms with Crippen molar-refractivity contribution in [1.29, 1.82) is 0 Å². The van der Waals surface area contributed by atoms with Gasteiger partial charge in [0.05, 0.1) is 16.6 Å². The zero-order chi connectivity index (χ0) is 24.3. The fourth-order valence-corrected chi connectivity index (χ4v) is 4.87. The summed E-state index contributed by atoms with van der Waals surface area (Å²) in [5.41, 5.74) is 1.94.